The monoisotopic (exact) mass is 506 g/mol. The normalized spacial score (nSPS) is 20.9. The Balaban J connectivity index is 1.86. The fourth-order valence-electron chi connectivity index (χ4n) is 4.06. The third-order valence-corrected chi connectivity index (χ3v) is 6.60. The number of aliphatic imine (C=N–C) groups is 1. The molecule has 0 aliphatic carbocycles. The Labute approximate surface area is 204 Å². The minimum absolute atomic E-state index is 0.00348. The molecule has 0 spiro atoms. The van der Waals surface area contributed by atoms with Crippen LogP contribution in [0.2, 0.25) is 0 Å². The molecule has 35 heavy (non-hydrogen) atoms. The number of esters is 1. The van der Waals surface area contributed by atoms with Crippen LogP contribution in [0.4, 0.5) is 8.78 Å². The molecule has 0 radical (unpaired) electrons. The highest BCUT2D eigenvalue weighted by molar-refractivity contribution is 7.11. The van der Waals surface area contributed by atoms with Gasteiger partial charge < -0.3 is 19.9 Å². The van der Waals surface area contributed by atoms with Crippen molar-refractivity contribution < 1.29 is 33.0 Å². The number of carbonyl (C=O) groups is 2. The minimum Gasteiger partial charge on any atom is -0.480 e. The maximum absolute atomic E-state index is 14.5. The van der Waals surface area contributed by atoms with Gasteiger partial charge in [-0.3, -0.25) is 14.7 Å². The summed E-state index contributed by atoms with van der Waals surface area (Å²) in [7, 11) is 0. The number of carboxylic acids is 1. The summed E-state index contributed by atoms with van der Waals surface area (Å²) < 4.78 is 39.1. The second-order valence-electron chi connectivity index (χ2n) is 7.93. The third kappa shape index (κ3) is 5.09. The number of thiazole rings is 1. The number of nitrogens with zero attached hydrogens (tertiary/aromatic N) is 3. The molecule has 0 saturated carbocycles. The van der Waals surface area contributed by atoms with Crippen molar-refractivity contribution in [1.82, 2.24) is 15.2 Å². The van der Waals surface area contributed by atoms with Gasteiger partial charge in [0.2, 0.25) is 0 Å². The Morgan fingerprint density at radius 3 is 2.86 bits per heavy atom. The van der Waals surface area contributed by atoms with E-state index in [2.05, 4.69) is 15.3 Å². The lowest BCUT2D eigenvalue weighted by Gasteiger charge is -2.35. The van der Waals surface area contributed by atoms with Crippen LogP contribution in [0.25, 0.3) is 0 Å². The van der Waals surface area contributed by atoms with Crippen molar-refractivity contribution in [3.05, 3.63) is 62.7 Å². The highest BCUT2D eigenvalue weighted by Gasteiger charge is 2.37. The van der Waals surface area contributed by atoms with Gasteiger partial charge in [-0.25, -0.2) is 18.6 Å². The smallest absolute Gasteiger partial charge is 0.338 e. The van der Waals surface area contributed by atoms with Crippen LogP contribution in [0.15, 0.2) is 40.0 Å². The van der Waals surface area contributed by atoms with E-state index in [-0.39, 0.29) is 36.5 Å². The number of aliphatic carboxylic acids is 1. The number of amidine groups is 1. The van der Waals surface area contributed by atoms with E-state index in [1.54, 1.807) is 23.4 Å². The first-order valence-corrected chi connectivity index (χ1v) is 11.8. The molecule has 1 saturated heterocycles. The van der Waals surface area contributed by atoms with Crippen LogP contribution in [0.5, 0.6) is 0 Å². The highest BCUT2D eigenvalue weighted by atomic mass is 32.1. The molecule has 2 unspecified atom stereocenters. The van der Waals surface area contributed by atoms with E-state index < -0.39 is 35.7 Å². The van der Waals surface area contributed by atoms with Crippen LogP contribution in [-0.4, -0.2) is 71.7 Å². The highest BCUT2D eigenvalue weighted by Crippen LogP contribution is 2.36. The number of morpholine rings is 1. The second kappa shape index (κ2) is 10.6. The maximum Gasteiger partial charge on any atom is 0.338 e. The second-order valence-corrected chi connectivity index (χ2v) is 8.82. The Morgan fingerprint density at radius 2 is 2.17 bits per heavy atom. The van der Waals surface area contributed by atoms with Crippen LogP contribution in [0, 0.1) is 18.6 Å². The van der Waals surface area contributed by atoms with E-state index in [1.807, 2.05) is 0 Å². The molecule has 2 N–H and O–H groups in total. The lowest BCUT2D eigenvalue weighted by Crippen LogP contribution is -2.52. The van der Waals surface area contributed by atoms with E-state index in [9.17, 15) is 23.5 Å². The Hall–Kier alpha value is -3.22. The van der Waals surface area contributed by atoms with Crippen LogP contribution < -0.4 is 5.32 Å². The average Bonchev–Trinajstić information content (AvgIpc) is 3.38. The Morgan fingerprint density at radius 1 is 1.37 bits per heavy atom. The average molecular weight is 507 g/mol. The van der Waals surface area contributed by atoms with Gasteiger partial charge in [0.25, 0.3) is 0 Å². The topological polar surface area (TPSA) is 113 Å². The quantitative estimate of drug-likeness (QED) is 0.551. The first-order chi connectivity index (χ1) is 16.8. The van der Waals surface area contributed by atoms with Gasteiger partial charge in [-0.1, -0.05) is 6.07 Å². The minimum atomic E-state index is -1.05. The predicted octanol–water partition coefficient (Wildman–Crippen LogP) is 2.42. The number of ether oxygens (including phenoxy) is 2. The SMILES string of the molecule is CCOC(=O)C1=C(CN2CCOCC2C(=O)O)NC(c2nccs2)=NC1c1ccc(F)c(F)c1C. The summed E-state index contributed by atoms with van der Waals surface area (Å²) in [6, 6.07) is 0.428. The number of carboxylic acid groups (broad SMARTS) is 1. The van der Waals surface area contributed by atoms with Crippen LogP contribution in [0.3, 0.4) is 0 Å². The van der Waals surface area contributed by atoms with Crippen molar-refractivity contribution in [2.45, 2.75) is 25.9 Å². The van der Waals surface area contributed by atoms with E-state index in [0.29, 0.717) is 29.7 Å². The summed E-state index contributed by atoms with van der Waals surface area (Å²) >= 11 is 1.30. The number of hydrogen-bond donors (Lipinski definition) is 2. The summed E-state index contributed by atoms with van der Waals surface area (Å²) in [4.78, 5) is 35.6. The van der Waals surface area contributed by atoms with Crippen molar-refractivity contribution in [2.75, 3.05) is 32.9 Å². The zero-order valence-corrected chi connectivity index (χ0v) is 19.9. The van der Waals surface area contributed by atoms with Crippen LogP contribution >= 0.6 is 11.3 Å². The molecule has 3 heterocycles. The molecular weight excluding hydrogens is 482 g/mol. The number of nitrogens with one attached hydrogen (secondary N) is 1. The standard InChI is InChI=1S/C23H24F2N4O5S/c1-3-34-23(32)17-15(10-29-7-8-33-11-16(29)22(30)31)27-20(21-26-6-9-35-21)28-19(17)13-4-5-14(24)18(25)12(13)2/h4-6,9,16,19H,3,7-8,10-11H2,1-2H3,(H,27,28)(H,30,31). The lowest BCUT2D eigenvalue weighted by atomic mass is 9.91. The van der Waals surface area contributed by atoms with Gasteiger partial charge in [-0.05, 0) is 31.0 Å². The van der Waals surface area contributed by atoms with Crippen molar-refractivity contribution in [3.63, 3.8) is 0 Å². The number of rotatable bonds is 7. The molecule has 186 valence electrons. The molecule has 1 aromatic carbocycles. The summed E-state index contributed by atoms with van der Waals surface area (Å²) in [5.74, 6) is -3.45. The number of hydrogen-bond acceptors (Lipinski definition) is 9. The van der Waals surface area contributed by atoms with Gasteiger partial charge in [0, 0.05) is 30.4 Å². The third-order valence-electron chi connectivity index (χ3n) is 5.82. The van der Waals surface area contributed by atoms with E-state index in [0.717, 1.165) is 6.07 Å². The van der Waals surface area contributed by atoms with E-state index >= 15 is 0 Å². The zero-order chi connectivity index (χ0) is 25.1. The van der Waals surface area contributed by atoms with E-state index in [1.165, 1.54) is 24.3 Å². The van der Waals surface area contributed by atoms with Gasteiger partial charge in [-0.2, -0.15) is 0 Å². The summed E-state index contributed by atoms with van der Waals surface area (Å²) in [6.07, 6.45) is 1.59. The predicted molar refractivity (Wildman–Crippen MR) is 123 cm³/mol. The molecular formula is C23H24F2N4O5S. The molecule has 2 atom stereocenters. The first-order valence-electron chi connectivity index (χ1n) is 11.0. The van der Waals surface area contributed by atoms with Crippen molar-refractivity contribution in [2.24, 2.45) is 4.99 Å². The molecule has 2 aliphatic rings. The summed E-state index contributed by atoms with van der Waals surface area (Å²) in [5, 5.41) is 15.1. The molecule has 2 aliphatic heterocycles. The van der Waals surface area contributed by atoms with Gasteiger partial charge in [0.15, 0.2) is 22.5 Å². The fraction of sp³-hybridized carbons (Fsp3) is 0.391. The number of carbonyl (C=O) groups excluding carboxylic acids is 1. The fourth-order valence-corrected chi connectivity index (χ4v) is 4.65. The molecule has 12 heteroatoms. The van der Waals surface area contributed by atoms with Crippen LogP contribution in [-0.2, 0) is 19.1 Å². The number of halogens is 2. The summed E-state index contributed by atoms with van der Waals surface area (Å²) in [5.41, 5.74) is 0.745. The molecule has 9 nitrogen and oxygen atoms in total. The van der Waals surface area contributed by atoms with E-state index in [4.69, 9.17) is 9.47 Å². The molecule has 4 rings (SSSR count). The molecule has 2 aromatic rings. The van der Waals surface area contributed by atoms with Gasteiger partial charge >= 0.3 is 11.9 Å². The number of benzene rings is 1. The Bertz CT molecular complexity index is 1180. The molecule has 1 aromatic heterocycles. The van der Waals surface area contributed by atoms with Crippen LogP contribution in [0.1, 0.15) is 29.1 Å². The van der Waals surface area contributed by atoms with Gasteiger partial charge in [-0.15, -0.1) is 11.3 Å². The van der Waals surface area contributed by atoms with Gasteiger partial charge in [0.1, 0.15) is 12.1 Å². The lowest BCUT2D eigenvalue weighted by molar-refractivity contribution is -0.149. The van der Waals surface area contributed by atoms with Crippen molar-refractivity contribution in [1.29, 1.82) is 0 Å². The first kappa shape index (κ1) is 24.9. The molecule has 1 fully saturated rings. The zero-order valence-electron chi connectivity index (χ0n) is 19.1. The molecule has 0 amide bonds. The Kier molecular flexibility index (Phi) is 7.53. The van der Waals surface area contributed by atoms with Crippen molar-refractivity contribution >= 4 is 29.1 Å². The van der Waals surface area contributed by atoms with Gasteiger partial charge in [0.05, 0.1) is 25.4 Å². The number of aromatic nitrogens is 1. The van der Waals surface area contributed by atoms with Crippen molar-refractivity contribution in [3.8, 4) is 0 Å². The maximum atomic E-state index is 14.5. The summed E-state index contributed by atoms with van der Waals surface area (Å²) in [6.45, 7) is 3.83. The largest absolute Gasteiger partial charge is 0.480 e. The molecule has 0 bridgehead atoms.